The fraction of sp³-hybridized carbons (Fsp3) is 0.611. The summed E-state index contributed by atoms with van der Waals surface area (Å²) in [6.45, 7) is -0.107. The van der Waals surface area contributed by atoms with Gasteiger partial charge in [0.15, 0.2) is 0 Å². The first-order valence-electron chi connectivity index (χ1n) is 9.06. The summed E-state index contributed by atoms with van der Waals surface area (Å²) in [5, 5.41) is 10.1. The number of aliphatic hydroxyl groups excluding tert-OH is 1. The zero-order chi connectivity index (χ0) is 20.3. The van der Waals surface area contributed by atoms with Crippen molar-refractivity contribution >= 4 is 16.0 Å². The summed E-state index contributed by atoms with van der Waals surface area (Å²) in [5.74, 6) is -0.939. The van der Waals surface area contributed by atoms with Crippen LogP contribution >= 0.6 is 0 Å². The van der Waals surface area contributed by atoms with Gasteiger partial charge in [-0.25, -0.2) is 12.8 Å². The second kappa shape index (κ2) is 8.83. The van der Waals surface area contributed by atoms with Crippen LogP contribution in [0.5, 0.6) is 0 Å². The van der Waals surface area contributed by atoms with Gasteiger partial charge in [-0.1, -0.05) is 0 Å². The molecule has 0 amide bonds. The molecule has 4 atom stereocenters. The Morgan fingerprint density at radius 3 is 2.68 bits per heavy atom. The van der Waals surface area contributed by atoms with Gasteiger partial charge < -0.3 is 19.3 Å². The SMILES string of the molecule is COC(=O)C[C@H]1CC[C@H]2[C@@H](COC[C@@H](O)CN2S(=O)(=O)c2ccc(F)cc2)O1. The lowest BCUT2D eigenvalue weighted by molar-refractivity contribution is -0.157. The van der Waals surface area contributed by atoms with Gasteiger partial charge >= 0.3 is 5.97 Å². The highest BCUT2D eigenvalue weighted by Crippen LogP contribution is 2.31. The van der Waals surface area contributed by atoms with Gasteiger partial charge in [0.05, 0.1) is 56.0 Å². The summed E-state index contributed by atoms with van der Waals surface area (Å²) in [6, 6.07) is 3.99. The van der Waals surface area contributed by atoms with Gasteiger partial charge in [-0.05, 0) is 37.1 Å². The van der Waals surface area contributed by atoms with Gasteiger partial charge in [0.25, 0.3) is 0 Å². The van der Waals surface area contributed by atoms with Crippen molar-refractivity contribution in [2.75, 3.05) is 26.9 Å². The Bertz CT molecular complexity index is 786. The van der Waals surface area contributed by atoms with Gasteiger partial charge in [0.1, 0.15) is 5.82 Å². The van der Waals surface area contributed by atoms with Gasteiger partial charge in [-0.3, -0.25) is 4.79 Å². The number of hydrogen-bond acceptors (Lipinski definition) is 7. The van der Waals surface area contributed by atoms with E-state index in [0.29, 0.717) is 12.8 Å². The van der Waals surface area contributed by atoms with E-state index in [9.17, 15) is 22.7 Å². The number of rotatable bonds is 4. The quantitative estimate of drug-likeness (QED) is 0.719. The number of halogens is 1. The van der Waals surface area contributed by atoms with E-state index in [2.05, 4.69) is 4.74 Å². The number of aliphatic hydroxyl groups is 1. The monoisotopic (exact) mass is 417 g/mol. The Kier molecular flexibility index (Phi) is 6.66. The van der Waals surface area contributed by atoms with Crippen LogP contribution in [0.1, 0.15) is 19.3 Å². The average molecular weight is 417 g/mol. The molecular weight excluding hydrogens is 393 g/mol. The predicted octanol–water partition coefficient (Wildman–Crippen LogP) is 0.687. The van der Waals surface area contributed by atoms with Gasteiger partial charge in [0, 0.05) is 6.54 Å². The molecule has 0 aliphatic carbocycles. The van der Waals surface area contributed by atoms with Crippen LogP contribution in [0.25, 0.3) is 0 Å². The van der Waals surface area contributed by atoms with Crippen molar-refractivity contribution in [3.63, 3.8) is 0 Å². The lowest BCUT2D eigenvalue weighted by atomic mass is 9.96. The molecule has 2 saturated heterocycles. The van der Waals surface area contributed by atoms with Crippen LogP contribution in [0, 0.1) is 5.82 Å². The van der Waals surface area contributed by atoms with E-state index in [1.807, 2.05) is 0 Å². The standard InChI is InChI=1S/C18H24FNO7S/c1-25-18(22)8-14-4-7-16-17(27-14)11-26-10-13(21)9-20(16)28(23,24)15-5-2-12(19)3-6-15/h2-3,5-6,13-14,16-17,21H,4,7-11H2,1H3/t13-,14+,16-,17+/m0/s1. The van der Waals surface area contributed by atoms with Crippen molar-refractivity contribution in [2.24, 2.45) is 0 Å². The summed E-state index contributed by atoms with van der Waals surface area (Å²) < 4.78 is 56.9. The summed E-state index contributed by atoms with van der Waals surface area (Å²) in [5.41, 5.74) is 0. The molecule has 8 nitrogen and oxygen atoms in total. The van der Waals surface area contributed by atoms with E-state index in [4.69, 9.17) is 9.47 Å². The van der Waals surface area contributed by atoms with Gasteiger partial charge in [0.2, 0.25) is 10.0 Å². The summed E-state index contributed by atoms with van der Waals surface area (Å²) >= 11 is 0. The van der Waals surface area contributed by atoms with Crippen LogP contribution in [0.2, 0.25) is 0 Å². The zero-order valence-electron chi connectivity index (χ0n) is 15.5. The number of ether oxygens (including phenoxy) is 3. The normalized spacial score (nSPS) is 29.4. The number of fused-ring (bicyclic) bond motifs is 1. The largest absolute Gasteiger partial charge is 0.469 e. The highest BCUT2D eigenvalue weighted by Gasteiger charge is 2.43. The summed E-state index contributed by atoms with van der Waals surface area (Å²) in [4.78, 5) is 11.5. The average Bonchev–Trinajstić information content (AvgIpc) is 2.65. The highest BCUT2D eigenvalue weighted by atomic mass is 32.2. The second-order valence-corrected chi connectivity index (χ2v) is 8.83. The Morgan fingerprint density at radius 1 is 1.29 bits per heavy atom. The minimum absolute atomic E-state index is 0.0380. The number of carbonyl (C=O) groups is 1. The van der Waals surface area contributed by atoms with Crippen LogP contribution < -0.4 is 0 Å². The second-order valence-electron chi connectivity index (χ2n) is 6.94. The third-order valence-corrected chi connectivity index (χ3v) is 6.88. The minimum atomic E-state index is -3.99. The van der Waals surface area contributed by atoms with Crippen LogP contribution in [-0.4, -0.2) is 75.0 Å². The molecule has 1 aromatic rings. The van der Waals surface area contributed by atoms with Crippen LogP contribution in [0.15, 0.2) is 29.2 Å². The summed E-state index contributed by atoms with van der Waals surface area (Å²) in [7, 11) is -2.69. The van der Waals surface area contributed by atoms with Crippen molar-refractivity contribution in [3.8, 4) is 0 Å². The van der Waals surface area contributed by atoms with Crippen molar-refractivity contribution < 1.29 is 36.9 Å². The first-order valence-corrected chi connectivity index (χ1v) is 10.5. The topological polar surface area (TPSA) is 102 Å². The molecule has 1 aromatic carbocycles. The van der Waals surface area contributed by atoms with Gasteiger partial charge in [-0.2, -0.15) is 4.31 Å². The van der Waals surface area contributed by atoms with E-state index in [1.54, 1.807) is 0 Å². The van der Waals surface area contributed by atoms with Crippen LogP contribution in [0.3, 0.4) is 0 Å². The van der Waals surface area contributed by atoms with Crippen molar-refractivity contribution in [2.45, 2.75) is 48.5 Å². The maximum absolute atomic E-state index is 13.2. The molecule has 0 bridgehead atoms. The molecule has 0 aromatic heterocycles. The summed E-state index contributed by atoms with van der Waals surface area (Å²) in [6.07, 6.45) is -1.01. The molecule has 2 fully saturated rings. The van der Waals surface area contributed by atoms with E-state index < -0.39 is 46.2 Å². The molecule has 0 spiro atoms. The van der Waals surface area contributed by atoms with E-state index in [0.717, 1.165) is 12.1 Å². The molecular formula is C18H24FNO7S. The van der Waals surface area contributed by atoms with Crippen LogP contribution in [-0.2, 0) is 29.0 Å². The smallest absolute Gasteiger partial charge is 0.308 e. The number of esters is 1. The molecule has 0 saturated carbocycles. The molecule has 2 aliphatic rings. The number of benzene rings is 1. The van der Waals surface area contributed by atoms with Gasteiger partial charge in [-0.15, -0.1) is 0 Å². The molecule has 2 aliphatic heterocycles. The third kappa shape index (κ3) is 4.69. The number of hydrogen-bond donors (Lipinski definition) is 1. The molecule has 2 heterocycles. The van der Waals surface area contributed by atoms with Crippen molar-refractivity contribution in [1.29, 1.82) is 0 Å². The van der Waals surface area contributed by atoms with E-state index in [1.165, 1.54) is 23.5 Å². The Hall–Kier alpha value is -1.59. The first kappa shape index (κ1) is 21.1. The zero-order valence-corrected chi connectivity index (χ0v) is 16.3. The Balaban J connectivity index is 1.86. The predicted molar refractivity (Wildman–Crippen MR) is 95.4 cm³/mol. The molecule has 0 unspecified atom stereocenters. The first-order chi connectivity index (χ1) is 13.3. The molecule has 1 N–H and O–H groups in total. The van der Waals surface area contributed by atoms with Crippen molar-refractivity contribution in [3.05, 3.63) is 30.1 Å². The Morgan fingerprint density at radius 2 is 2.00 bits per heavy atom. The maximum atomic E-state index is 13.2. The highest BCUT2D eigenvalue weighted by molar-refractivity contribution is 7.89. The molecule has 28 heavy (non-hydrogen) atoms. The molecule has 156 valence electrons. The minimum Gasteiger partial charge on any atom is -0.469 e. The number of β-amino-alcohol motifs (C(OH)–C–C–N with tert-alkyl or cyclic N) is 1. The number of nitrogens with zero attached hydrogens (tertiary/aromatic N) is 1. The van der Waals surface area contributed by atoms with Crippen molar-refractivity contribution in [1.82, 2.24) is 4.31 Å². The fourth-order valence-electron chi connectivity index (χ4n) is 3.58. The van der Waals surface area contributed by atoms with Crippen LogP contribution in [0.4, 0.5) is 4.39 Å². The number of methoxy groups -OCH3 is 1. The number of carbonyl (C=O) groups excluding carboxylic acids is 1. The molecule has 10 heteroatoms. The lowest BCUT2D eigenvalue weighted by Gasteiger charge is -2.43. The lowest BCUT2D eigenvalue weighted by Crippen LogP contribution is -2.57. The molecule has 0 radical (unpaired) electrons. The Labute approximate surface area is 163 Å². The van der Waals surface area contributed by atoms with E-state index in [-0.39, 0.29) is 31.1 Å². The maximum Gasteiger partial charge on any atom is 0.308 e. The third-order valence-electron chi connectivity index (χ3n) is 4.98. The molecule has 3 rings (SSSR count). The fourth-order valence-corrected chi connectivity index (χ4v) is 5.30. The van der Waals surface area contributed by atoms with E-state index >= 15 is 0 Å². The number of sulfonamides is 1.